The second-order valence-corrected chi connectivity index (χ2v) is 5.87. The highest BCUT2D eigenvalue weighted by atomic mass is 32.2. The number of primary amides is 1. The number of amides is 3. The highest BCUT2D eigenvalue weighted by molar-refractivity contribution is 7.99. The highest BCUT2D eigenvalue weighted by Crippen LogP contribution is 2.18. The molecular formula is C15H18N4O3S. The highest BCUT2D eigenvalue weighted by Gasteiger charge is 2.13. The van der Waals surface area contributed by atoms with Gasteiger partial charge in [-0.15, -0.1) is 0 Å². The Balaban J connectivity index is 2.34. The number of fused-ring (bicyclic) bond motifs is 1. The Kier molecular flexibility index (Phi) is 5.75. The molecule has 0 spiro atoms. The van der Waals surface area contributed by atoms with E-state index in [1.165, 1.54) is 0 Å². The summed E-state index contributed by atoms with van der Waals surface area (Å²) < 4.78 is 1.58. The molecular weight excluding hydrogens is 316 g/mol. The quantitative estimate of drug-likeness (QED) is 0.615. The second kappa shape index (κ2) is 7.77. The van der Waals surface area contributed by atoms with Crippen LogP contribution in [0.1, 0.15) is 19.8 Å². The molecule has 0 bridgehead atoms. The van der Waals surface area contributed by atoms with Crippen LogP contribution < -0.4 is 16.6 Å². The van der Waals surface area contributed by atoms with Crippen LogP contribution in [0.15, 0.2) is 34.2 Å². The van der Waals surface area contributed by atoms with E-state index in [2.05, 4.69) is 4.98 Å². The molecule has 8 heteroatoms. The number of aromatic nitrogens is 2. The number of hydrogen-bond acceptors (Lipinski definition) is 5. The van der Waals surface area contributed by atoms with Crippen LogP contribution in [0.25, 0.3) is 10.9 Å². The first-order valence-electron chi connectivity index (χ1n) is 7.24. The lowest BCUT2D eigenvalue weighted by atomic mass is 10.2. The van der Waals surface area contributed by atoms with Gasteiger partial charge in [0, 0.05) is 6.54 Å². The van der Waals surface area contributed by atoms with Crippen molar-refractivity contribution in [3.8, 4) is 0 Å². The van der Waals surface area contributed by atoms with E-state index in [0.717, 1.165) is 24.6 Å². The maximum Gasteiger partial charge on any atom is 0.318 e. The molecule has 2 aromatic rings. The van der Waals surface area contributed by atoms with Gasteiger partial charge in [-0.1, -0.05) is 37.2 Å². The van der Waals surface area contributed by atoms with Gasteiger partial charge < -0.3 is 5.73 Å². The van der Waals surface area contributed by atoms with Crippen LogP contribution in [-0.2, 0) is 11.3 Å². The Morgan fingerprint density at radius 2 is 2.09 bits per heavy atom. The predicted octanol–water partition coefficient (Wildman–Crippen LogP) is 1.48. The molecule has 23 heavy (non-hydrogen) atoms. The van der Waals surface area contributed by atoms with E-state index < -0.39 is 11.9 Å². The van der Waals surface area contributed by atoms with Gasteiger partial charge in [-0.2, -0.15) is 0 Å². The minimum atomic E-state index is -0.898. The van der Waals surface area contributed by atoms with Gasteiger partial charge in [0.2, 0.25) is 5.91 Å². The molecule has 0 aliphatic rings. The second-order valence-electron chi connectivity index (χ2n) is 4.92. The molecule has 0 radical (unpaired) electrons. The summed E-state index contributed by atoms with van der Waals surface area (Å²) in [6, 6.07) is 6.20. The van der Waals surface area contributed by atoms with Crippen LogP contribution in [0, 0.1) is 0 Å². The van der Waals surface area contributed by atoms with E-state index in [1.807, 2.05) is 12.2 Å². The summed E-state index contributed by atoms with van der Waals surface area (Å²) in [5.74, 6) is -0.563. The number of nitrogens with zero attached hydrogens (tertiary/aromatic N) is 2. The molecule has 0 atom stereocenters. The number of carbonyl (C=O) groups excluding carboxylic acids is 2. The van der Waals surface area contributed by atoms with Crippen molar-refractivity contribution in [2.75, 3.05) is 5.75 Å². The topological polar surface area (TPSA) is 107 Å². The summed E-state index contributed by atoms with van der Waals surface area (Å²) in [5, 5.41) is 3.00. The summed E-state index contributed by atoms with van der Waals surface area (Å²) in [6.45, 7) is 2.57. The van der Waals surface area contributed by atoms with E-state index in [-0.39, 0.29) is 11.3 Å². The number of urea groups is 1. The Bertz CT molecular complexity index is 788. The largest absolute Gasteiger partial charge is 0.351 e. The Labute approximate surface area is 137 Å². The number of hydrogen-bond donors (Lipinski definition) is 2. The number of unbranched alkanes of at least 4 members (excludes halogenated alkanes) is 1. The lowest BCUT2D eigenvalue weighted by Gasteiger charge is -2.12. The van der Waals surface area contributed by atoms with E-state index in [0.29, 0.717) is 22.6 Å². The lowest BCUT2D eigenvalue weighted by Crippen LogP contribution is -2.36. The normalized spacial score (nSPS) is 10.7. The summed E-state index contributed by atoms with van der Waals surface area (Å²) in [6.07, 6.45) is 1.77. The SMILES string of the molecule is CCCCn1c(SCC(=O)NC(N)=O)nc2ccccc2c1=O. The van der Waals surface area contributed by atoms with Crippen molar-refractivity contribution in [2.45, 2.75) is 31.5 Å². The molecule has 2 rings (SSSR count). The number of rotatable bonds is 6. The summed E-state index contributed by atoms with van der Waals surface area (Å²) in [5.41, 5.74) is 5.37. The molecule has 1 heterocycles. The fraction of sp³-hybridized carbons (Fsp3) is 0.333. The molecule has 3 amide bonds. The third-order valence-corrected chi connectivity index (χ3v) is 4.13. The molecule has 0 aliphatic carbocycles. The van der Waals surface area contributed by atoms with Crippen molar-refractivity contribution in [1.29, 1.82) is 0 Å². The van der Waals surface area contributed by atoms with E-state index in [4.69, 9.17) is 5.73 Å². The molecule has 0 aliphatic heterocycles. The van der Waals surface area contributed by atoms with E-state index >= 15 is 0 Å². The average molecular weight is 334 g/mol. The number of benzene rings is 1. The van der Waals surface area contributed by atoms with Crippen LogP contribution >= 0.6 is 11.8 Å². The van der Waals surface area contributed by atoms with Crippen molar-refractivity contribution < 1.29 is 9.59 Å². The van der Waals surface area contributed by atoms with Crippen LogP contribution in [0.2, 0.25) is 0 Å². The molecule has 0 saturated carbocycles. The molecule has 0 unspecified atom stereocenters. The Morgan fingerprint density at radius 1 is 1.35 bits per heavy atom. The number of carbonyl (C=O) groups is 2. The number of imide groups is 1. The zero-order chi connectivity index (χ0) is 16.8. The summed E-state index contributed by atoms with van der Waals surface area (Å²) in [4.78, 5) is 39.3. The first-order chi connectivity index (χ1) is 11.0. The number of thioether (sulfide) groups is 1. The first-order valence-corrected chi connectivity index (χ1v) is 8.23. The molecule has 122 valence electrons. The monoisotopic (exact) mass is 334 g/mol. The smallest absolute Gasteiger partial charge is 0.318 e. The molecule has 0 fully saturated rings. The van der Waals surface area contributed by atoms with Gasteiger partial charge in [0.05, 0.1) is 16.7 Å². The van der Waals surface area contributed by atoms with Crippen LogP contribution in [-0.4, -0.2) is 27.2 Å². The van der Waals surface area contributed by atoms with Crippen molar-refractivity contribution in [1.82, 2.24) is 14.9 Å². The van der Waals surface area contributed by atoms with Gasteiger partial charge in [-0.25, -0.2) is 9.78 Å². The predicted molar refractivity (Wildman–Crippen MR) is 89.4 cm³/mol. The fourth-order valence-corrected chi connectivity index (χ4v) is 2.90. The maximum absolute atomic E-state index is 12.6. The Hall–Kier alpha value is -2.35. The zero-order valence-electron chi connectivity index (χ0n) is 12.7. The third-order valence-electron chi connectivity index (χ3n) is 3.16. The van der Waals surface area contributed by atoms with E-state index in [9.17, 15) is 14.4 Å². The van der Waals surface area contributed by atoms with Crippen molar-refractivity contribution in [3.05, 3.63) is 34.6 Å². The van der Waals surface area contributed by atoms with Crippen molar-refractivity contribution in [3.63, 3.8) is 0 Å². The molecule has 0 saturated heterocycles. The molecule has 3 N–H and O–H groups in total. The van der Waals surface area contributed by atoms with Gasteiger partial charge in [-0.3, -0.25) is 19.5 Å². The third kappa shape index (κ3) is 4.32. The van der Waals surface area contributed by atoms with Gasteiger partial charge in [0.15, 0.2) is 5.16 Å². The number of nitrogens with two attached hydrogens (primary N) is 1. The molecule has 7 nitrogen and oxygen atoms in total. The minimum Gasteiger partial charge on any atom is -0.351 e. The summed E-state index contributed by atoms with van der Waals surface area (Å²) >= 11 is 1.11. The first kappa shape index (κ1) is 17.0. The van der Waals surface area contributed by atoms with Gasteiger partial charge >= 0.3 is 6.03 Å². The number of nitrogens with one attached hydrogen (secondary N) is 1. The van der Waals surface area contributed by atoms with Crippen molar-refractivity contribution >= 4 is 34.6 Å². The lowest BCUT2D eigenvalue weighted by molar-refractivity contribution is -0.117. The molecule has 1 aromatic carbocycles. The average Bonchev–Trinajstić information content (AvgIpc) is 2.51. The fourth-order valence-electron chi connectivity index (χ4n) is 2.07. The van der Waals surface area contributed by atoms with Crippen molar-refractivity contribution in [2.24, 2.45) is 5.73 Å². The summed E-state index contributed by atoms with van der Waals surface area (Å²) in [7, 11) is 0. The van der Waals surface area contributed by atoms with Gasteiger partial charge in [0.25, 0.3) is 5.56 Å². The molecule has 1 aromatic heterocycles. The standard InChI is InChI=1S/C15H18N4O3S/c1-2-3-8-19-13(21)10-6-4-5-7-11(10)17-15(19)23-9-12(20)18-14(16)22/h4-7H,2-3,8-9H2,1H3,(H3,16,18,20,22). The minimum absolute atomic E-state index is 0.0418. The van der Waals surface area contributed by atoms with Crippen LogP contribution in [0.5, 0.6) is 0 Å². The van der Waals surface area contributed by atoms with Crippen LogP contribution in [0.4, 0.5) is 4.79 Å². The Morgan fingerprint density at radius 3 is 2.78 bits per heavy atom. The number of para-hydroxylation sites is 1. The maximum atomic E-state index is 12.6. The van der Waals surface area contributed by atoms with Gasteiger partial charge in [0.1, 0.15) is 0 Å². The van der Waals surface area contributed by atoms with Gasteiger partial charge in [-0.05, 0) is 18.6 Å². The van der Waals surface area contributed by atoms with Crippen LogP contribution in [0.3, 0.4) is 0 Å². The van der Waals surface area contributed by atoms with E-state index in [1.54, 1.807) is 28.8 Å². The zero-order valence-corrected chi connectivity index (χ0v) is 13.6.